The standard InChI is InChI=1S/C13H17N3O2/c1-9-4-5-12(17-3)11(6-9)16(2)8-10-7-13(14)15-18-10/h4-7H,8H2,1-3H3,(H2,14,15). The van der Waals surface area contributed by atoms with Crippen molar-refractivity contribution in [3.8, 4) is 5.75 Å². The highest BCUT2D eigenvalue weighted by molar-refractivity contribution is 5.59. The van der Waals surface area contributed by atoms with Crippen LogP contribution in [-0.4, -0.2) is 19.3 Å². The van der Waals surface area contributed by atoms with Gasteiger partial charge in [-0.2, -0.15) is 0 Å². The van der Waals surface area contributed by atoms with Gasteiger partial charge in [0.2, 0.25) is 0 Å². The van der Waals surface area contributed by atoms with Gasteiger partial charge in [-0.05, 0) is 24.6 Å². The van der Waals surface area contributed by atoms with Crippen LogP contribution in [0.5, 0.6) is 5.75 Å². The van der Waals surface area contributed by atoms with Gasteiger partial charge in [-0.15, -0.1) is 0 Å². The number of hydrogen-bond acceptors (Lipinski definition) is 5. The Bertz CT molecular complexity index is 537. The van der Waals surface area contributed by atoms with Gasteiger partial charge in [-0.1, -0.05) is 11.2 Å². The molecule has 2 aromatic rings. The lowest BCUT2D eigenvalue weighted by molar-refractivity contribution is 0.384. The number of anilines is 2. The maximum absolute atomic E-state index is 5.53. The van der Waals surface area contributed by atoms with Gasteiger partial charge >= 0.3 is 0 Å². The molecule has 0 saturated heterocycles. The zero-order chi connectivity index (χ0) is 13.1. The molecule has 1 aromatic heterocycles. The molecule has 0 aliphatic heterocycles. The van der Waals surface area contributed by atoms with Gasteiger partial charge in [0, 0.05) is 13.1 Å². The van der Waals surface area contributed by atoms with Crippen molar-refractivity contribution in [2.75, 3.05) is 24.8 Å². The molecule has 0 saturated carbocycles. The molecule has 0 aliphatic carbocycles. The van der Waals surface area contributed by atoms with Crippen molar-refractivity contribution in [1.82, 2.24) is 5.16 Å². The van der Waals surface area contributed by atoms with E-state index in [9.17, 15) is 0 Å². The second-order valence-electron chi connectivity index (χ2n) is 4.25. The molecule has 5 nitrogen and oxygen atoms in total. The molecule has 0 radical (unpaired) electrons. The summed E-state index contributed by atoms with van der Waals surface area (Å²) in [6.07, 6.45) is 0. The first-order chi connectivity index (χ1) is 8.60. The third-order valence-corrected chi connectivity index (χ3v) is 2.72. The van der Waals surface area contributed by atoms with Crippen LogP contribution in [-0.2, 0) is 6.54 Å². The molecule has 0 fully saturated rings. The maximum atomic E-state index is 5.53. The van der Waals surface area contributed by atoms with E-state index in [4.69, 9.17) is 15.0 Å². The Labute approximate surface area is 106 Å². The van der Waals surface area contributed by atoms with Crippen molar-refractivity contribution in [2.24, 2.45) is 0 Å². The lowest BCUT2D eigenvalue weighted by Gasteiger charge is -2.20. The fourth-order valence-electron chi connectivity index (χ4n) is 1.82. The topological polar surface area (TPSA) is 64.5 Å². The summed E-state index contributed by atoms with van der Waals surface area (Å²) in [5.74, 6) is 1.95. The molecule has 0 bridgehead atoms. The first kappa shape index (κ1) is 12.3. The van der Waals surface area contributed by atoms with Crippen LogP contribution >= 0.6 is 0 Å². The number of hydrogen-bond donors (Lipinski definition) is 1. The van der Waals surface area contributed by atoms with Crippen LogP contribution in [0.25, 0.3) is 0 Å². The van der Waals surface area contributed by atoms with Gasteiger partial charge < -0.3 is 19.9 Å². The fraction of sp³-hybridized carbons (Fsp3) is 0.308. The third kappa shape index (κ3) is 2.56. The third-order valence-electron chi connectivity index (χ3n) is 2.72. The van der Waals surface area contributed by atoms with E-state index in [1.807, 2.05) is 31.0 Å². The average molecular weight is 247 g/mol. The second kappa shape index (κ2) is 5.00. The first-order valence-corrected chi connectivity index (χ1v) is 5.67. The van der Waals surface area contributed by atoms with Gasteiger partial charge in [0.1, 0.15) is 5.75 Å². The summed E-state index contributed by atoms with van der Waals surface area (Å²) in [5.41, 5.74) is 7.71. The monoisotopic (exact) mass is 247 g/mol. The minimum Gasteiger partial charge on any atom is -0.495 e. The van der Waals surface area contributed by atoms with Gasteiger partial charge in [0.15, 0.2) is 11.6 Å². The van der Waals surface area contributed by atoms with Crippen molar-refractivity contribution in [1.29, 1.82) is 0 Å². The Kier molecular flexibility index (Phi) is 3.41. The maximum Gasteiger partial charge on any atom is 0.167 e. The van der Waals surface area contributed by atoms with Crippen molar-refractivity contribution in [3.63, 3.8) is 0 Å². The van der Waals surface area contributed by atoms with E-state index in [2.05, 4.69) is 11.2 Å². The van der Waals surface area contributed by atoms with E-state index in [0.29, 0.717) is 12.4 Å². The van der Waals surface area contributed by atoms with E-state index in [-0.39, 0.29) is 0 Å². The van der Waals surface area contributed by atoms with E-state index in [1.54, 1.807) is 13.2 Å². The SMILES string of the molecule is COc1ccc(C)cc1N(C)Cc1cc(N)no1. The summed E-state index contributed by atoms with van der Waals surface area (Å²) < 4.78 is 10.5. The van der Waals surface area contributed by atoms with Gasteiger partial charge in [0.25, 0.3) is 0 Å². The predicted octanol–water partition coefficient (Wildman–Crippen LogP) is 2.21. The normalized spacial score (nSPS) is 10.4. The number of methoxy groups -OCH3 is 1. The number of aromatic nitrogens is 1. The molecule has 5 heteroatoms. The highest BCUT2D eigenvalue weighted by atomic mass is 16.5. The number of nitrogen functional groups attached to an aromatic ring is 1. The molecule has 18 heavy (non-hydrogen) atoms. The van der Waals surface area contributed by atoms with Crippen LogP contribution in [0.15, 0.2) is 28.8 Å². The Morgan fingerprint density at radius 2 is 2.17 bits per heavy atom. The van der Waals surface area contributed by atoms with Gasteiger partial charge in [-0.3, -0.25) is 0 Å². The molecule has 0 atom stereocenters. The summed E-state index contributed by atoms with van der Waals surface area (Å²) in [6, 6.07) is 7.76. The molecule has 96 valence electrons. The first-order valence-electron chi connectivity index (χ1n) is 5.67. The molecular weight excluding hydrogens is 230 g/mol. The number of nitrogens with zero attached hydrogens (tertiary/aromatic N) is 2. The minimum absolute atomic E-state index is 0.398. The summed E-state index contributed by atoms with van der Waals surface area (Å²) >= 11 is 0. The van der Waals surface area contributed by atoms with E-state index < -0.39 is 0 Å². The number of nitrogens with two attached hydrogens (primary N) is 1. The summed E-state index contributed by atoms with van der Waals surface area (Å²) in [6.45, 7) is 2.63. The van der Waals surface area contributed by atoms with Crippen LogP contribution in [0.3, 0.4) is 0 Å². The Balaban J connectivity index is 2.22. The van der Waals surface area contributed by atoms with Crippen molar-refractivity contribution >= 4 is 11.5 Å². The molecule has 2 N–H and O–H groups in total. The Hall–Kier alpha value is -2.17. The number of rotatable bonds is 4. The van der Waals surface area contributed by atoms with Gasteiger partial charge in [0.05, 0.1) is 19.3 Å². The highest BCUT2D eigenvalue weighted by Crippen LogP contribution is 2.29. The summed E-state index contributed by atoms with van der Waals surface area (Å²) in [5, 5.41) is 3.67. The number of benzene rings is 1. The van der Waals surface area contributed by atoms with Crippen LogP contribution in [0.2, 0.25) is 0 Å². The van der Waals surface area contributed by atoms with Crippen molar-refractivity contribution in [3.05, 3.63) is 35.6 Å². The van der Waals surface area contributed by atoms with Gasteiger partial charge in [-0.25, -0.2) is 0 Å². The molecule has 1 aromatic carbocycles. The average Bonchev–Trinajstić information content (AvgIpc) is 2.74. The van der Waals surface area contributed by atoms with Crippen molar-refractivity contribution < 1.29 is 9.26 Å². The molecule has 2 rings (SSSR count). The summed E-state index contributed by atoms with van der Waals surface area (Å²) in [4.78, 5) is 2.03. The second-order valence-corrected chi connectivity index (χ2v) is 4.25. The molecule has 0 aliphatic rings. The number of aryl methyl sites for hydroxylation is 1. The van der Waals surface area contributed by atoms with Crippen LogP contribution in [0.1, 0.15) is 11.3 Å². The van der Waals surface area contributed by atoms with Crippen LogP contribution in [0.4, 0.5) is 11.5 Å². The zero-order valence-electron chi connectivity index (χ0n) is 10.8. The highest BCUT2D eigenvalue weighted by Gasteiger charge is 2.11. The Morgan fingerprint density at radius 3 is 2.78 bits per heavy atom. The minimum atomic E-state index is 0.398. The molecule has 1 heterocycles. The quantitative estimate of drug-likeness (QED) is 0.897. The molecular formula is C13H17N3O2. The largest absolute Gasteiger partial charge is 0.495 e. The van der Waals surface area contributed by atoms with E-state index in [0.717, 1.165) is 17.2 Å². The van der Waals surface area contributed by atoms with Crippen LogP contribution < -0.4 is 15.4 Å². The Morgan fingerprint density at radius 1 is 1.39 bits per heavy atom. The molecule has 0 unspecified atom stereocenters. The van der Waals surface area contributed by atoms with E-state index in [1.165, 1.54) is 5.56 Å². The number of ether oxygens (including phenoxy) is 1. The van der Waals surface area contributed by atoms with Crippen LogP contribution in [0, 0.1) is 6.92 Å². The molecule has 0 amide bonds. The van der Waals surface area contributed by atoms with Crippen molar-refractivity contribution in [2.45, 2.75) is 13.5 Å². The summed E-state index contributed by atoms with van der Waals surface area (Å²) in [7, 11) is 3.63. The lowest BCUT2D eigenvalue weighted by Crippen LogP contribution is -2.17. The van der Waals surface area contributed by atoms with E-state index >= 15 is 0 Å². The predicted molar refractivity (Wildman–Crippen MR) is 70.8 cm³/mol. The zero-order valence-corrected chi connectivity index (χ0v) is 10.8. The smallest absolute Gasteiger partial charge is 0.167 e. The fourth-order valence-corrected chi connectivity index (χ4v) is 1.82. The lowest BCUT2D eigenvalue weighted by atomic mass is 10.2. The molecule has 0 spiro atoms.